The van der Waals surface area contributed by atoms with Gasteiger partial charge in [0.2, 0.25) is 0 Å². The molecule has 1 aromatic rings. The van der Waals surface area contributed by atoms with Crippen LogP contribution in [0.2, 0.25) is 5.02 Å². The van der Waals surface area contributed by atoms with Gasteiger partial charge >= 0.3 is 0 Å². The number of rotatable bonds is 3. The Morgan fingerprint density at radius 2 is 2.23 bits per heavy atom. The molecule has 0 spiro atoms. The molecule has 1 aromatic carbocycles. The van der Waals surface area contributed by atoms with Crippen molar-refractivity contribution in [1.29, 1.82) is 0 Å². The Labute approximate surface area is 91.2 Å². The fourth-order valence-electron chi connectivity index (χ4n) is 1.00. The molecule has 0 radical (unpaired) electrons. The van der Waals surface area contributed by atoms with Gasteiger partial charge in [-0.15, -0.1) is 0 Å². The van der Waals surface area contributed by atoms with E-state index in [-0.39, 0.29) is 5.78 Å². The van der Waals surface area contributed by atoms with Crippen LogP contribution in [-0.2, 0) is 11.2 Å². The van der Waals surface area contributed by atoms with E-state index in [2.05, 4.69) is 15.9 Å². The average Bonchev–Trinajstić information content (AvgIpc) is 2.09. The van der Waals surface area contributed by atoms with Crippen molar-refractivity contribution in [2.75, 3.05) is 0 Å². The van der Waals surface area contributed by atoms with Crippen molar-refractivity contribution in [3.8, 4) is 0 Å². The minimum atomic E-state index is 0.239. The molecule has 0 aliphatic rings. The molecule has 0 bridgehead atoms. The van der Waals surface area contributed by atoms with Crippen LogP contribution in [0.25, 0.3) is 0 Å². The van der Waals surface area contributed by atoms with E-state index in [9.17, 15) is 4.79 Å². The monoisotopic (exact) mass is 260 g/mol. The lowest BCUT2D eigenvalue weighted by Gasteiger charge is -2.02. The first kappa shape index (κ1) is 10.7. The van der Waals surface area contributed by atoms with Gasteiger partial charge in [-0.05, 0) is 17.7 Å². The summed E-state index contributed by atoms with van der Waals surface area (Å²) < 4.78 is 0.904. The minimum absolute atomic E-state index is 0.239. The molecule has 0 unspecified atom stereocenters. The van der Waals surface area contributed by atoms with Crippen molar-refractivity contribution in [2.24, 2.45) is 0 Å². The van der Waals surface area contributed by atoms with E-state index in [0.29, 0.717) is 17.9 Å². The highest BCUT2D eigenvalue weighted by atomic mass is 79.9. The summed E-state index contributed by atoms with van der Waals surface area (Å²) in [5, 5.41) is 0.680. The van der Waals surface area contributed by atoms with Gasteiger partial charge in [-0.2, -0.15) is 0 Å². The number of benzene rings is 1. The summed E-state index contributed by atoms with van der Waals surface area (Å²) in [6, 6.07) is 5.48. The second-order valence-electron chi connectivity index (χ2n) is 2.80. The van der Waals surface area contributed by atoms with Crippen molar-refractivity contribution in [3.63, 3.8) is 0 Å². The predicted molar refractivity (Wildman–Crippen MR) is 58.2 cm³/mol. The molecule has 0 amide bonds. The molecule has 70 valence electrons. The summed E-state index contributed by atoms with van der Waals surface area (Å²) >= 11 is 9.14. The number of Topliss-reactive ketones (excluding diaryl/α,β-unsaturated/α-hetero) is 1. The van der Waals surface area contributed by atoms with Gasteiger partial charge in [0.15, 0.2) is 0 Å². The lowest BCUT2D eigenvalue weighted by atomic mass is 10.1. The van der Waals surface area contributed by atoms with E-state index in [1.807, 2.05) is 13.0 Å². The van der Waals surface area contributed by atoms with E-state index in [1.54, 1.807) is 12.1 Å². The highest BCUT2D eigenvalue weighted by molar-refractivity contribution is 9.10. The van der Waals surface area contributed by atoms with E-state index in [4.69, 9.17) is 11.6 Å². The fourth-order valence-corrected chi connectivity index (χ4v) is 1.83. The largest absolute Gasteiger partial charge is 0.299 e. The average molecular weight is 262 g/mol. The summed E-state index contributed by atoms with van der Waals surface area (Å²) in [4.78, 5) is 11.2. The van der Waals surface area contributed by atoms with E-state index < -0.39 is 0 Å². The van der Waals surface area contributed by atoms with E-state index in [1.165, 1.54) is 0 Å². The third-order valence-electron chi connectivity index (χ3n) is 1.80. The Morgan fingerprint density at radius 1 is 1.54 bits per heavy atom. The maximum Gasteiger partial charge on any atom is 0.137 e. The second-order valence-corrected chi connectivity index (χ2v) is 4.10. The maximum atomic E-state index is 11.2. The van der Waals surface area contributed by atoms with Gasteiger partial charge in [0, 0.05) is 22.3 Å². The van der Waals surface area contributed by atoms with Crippen molar-refractivity contribution in [3.05, 3.63) is 33.3 Å². The molecule has 0 fully saturated rings. The zero-order chi connectivity index (χ0) is 9.84. The summed E-state index contributed by atoms with van der Waals surface area (Å²) in [5.74, 6) is 0.239. The minimum Gasteiger partial charge on any atom is -0.299 e. The van der Waals surface area contributed by atoms with Crippen LogP contribution in [0.15, 0.2) is 22.7 Å². The van der Waals surface area contributed by atoms with Gasteiger partial charge in [-0.25, -0.2) is 0 Å². The molecule has 0 aromatic heterocycles. The molecule has 0 heterocycles. The normalized spacial score (nSPS) is 10.1. The molecule has 13 heavy (non-hydrogen) atoms. The van der Waals surface area contributed by atoms with E-state index >= 15 is 0 Å². The van der Waals surface area contributed by atoms with Crippen LogP contribution in [0, 0.1) is 0 Å². The van der Waals surface area contributed by atoms with Crippen LogP contribution < -0.4 is 0 Å². The first-order valence-corrected chi connectivity index (χ1v) is 5.26. The van der Waals surface area contributed by atoms with Gasteiger partial charge in [0.1, 0.15) is 5.78 Å². The highest BCUT2D eigenvalue weighted by Gasteiger charge is 2.04. The summed E-state index contributed by atoms with van der Waals surface area (Å²) in [6.07, 6.45) is 1.06. The first-order valence-electron chi connectivity index (χ1n) is 4.09. The standard InChI is InChI=1S/C10H10BrClO/c1-2-9(13)5-7-3-4-8(12)6-10(7)11/h3-4,6H,2,5H2,1H3. The number of ketones is 1. The molecule has 0 atom stereocenters. The zero-order valence-corrected chi connectivity index (χ0v) is 9.65. The molecule has 0 saturated heterocycles. The van der Waals surface area contributed by atoms with Crippen molar-refractivity contribution in [1.82, 2.24) is 0 Å². The fraction of sp³-hybridized carbons (Fsp3) is 0.300. The van der Waals surface area contributed by atoms with Gasteiger partial charge in [-0.3, -0.25) is 4.79 Å². The molecule has 1 nitrogen and oxygen atoms in total. The summed E-state index contributed by atoms with van der Waals surface area (Å²) in [7, 11) is 0. The smallest absolute Gasteiger partial charge is 0.137 e. The molecule has 3 heteroatoms. The lowest BCUT2D eigenvalue weighted by Crippen LogP contribution is -2.00. The number of carbonyl (C=O) groups is 1. The first-order chi connectivity index (χ1) is 6.13. The molecule has 0 saturated carbocycles. The topological polar surface area (TPSA) is 17.1 Å². The van der Waals surface area contributed by atoms with E-state index in [0.717, 1.165) is 10.0 Å². The third-order valence-corrected chi connectivity index (χ3v) is 2.77. The quantitative estimate of drug-likeness (QED) is 0.812. The van der Waals surface area contributed by atoms with Crippen LogP contribution in [0.3, 0.4) is 0 Å². The molecule has 0 aliphatic heterocycles. The zero-order valence-electron chi connectivity index (χ0n) is 7.31. The predicted octanol–water partition coefficient (Wildman–Crippen LogP) is 3.62. The number of hydrogen-bond donors (Lipinski definition) is 0. The lowest BCUT2D eigenvalue weighted by molar-refractivity contribution is -0.118. The van der Waals surface area contributed by atoms with Gasteiger partial charge in [0.05, 0.1) is 0 Å². The van der Waals surface area contributed by atoms with Crippen LogP contribution >= 0.6 is 27.5 Å². The second kappa shape index (κ2) is 4.77. The number of carbonyl (C=O) groups excluding carboxylic acids is 1. The van der Waals surface area contributed by atoms with Crippen LogP contribution in [0.5, 0.6) is 0 Å². The summed E-state index contributed by atoms with van der Waals surface area (Å²) in [6.45, 7) is 1.87. The van der Waals surface area contributed by atoms with Crippen LogP contribution in [0.1, 0.15) is 18.9 Å². The van der Waals surface area contributed by atoms with Gasteiger partial charge in [-0.1, -0.05) is 40.5 Å². The molecular formula is C10H10BrClO. The molecule has 1 rings (SSSR count). The molecular weight excluding hydrogens is 251 g/mol. The van der Waals surface area contributed by atoms with Crippen molar-refractivity contribution < 1.29 is 4.79 Å². The molecule has 0 N–H and O–H groups in total. The third kappa shape index (κ3) is 3.12. The maximum absolute atomic E-state index is 11.2. The Hall–Kier alpha value is -0.340. The van der Waals surface area contributed by atoms with Gasteiger partial charge < -0.3 is 0 Å². The Kier molecular flexibility index (Phi) is 3.94. The van der Waals surface area contributed by atoms with Crippen molar-refractivity contribution in [2.45, 2.75) is 19.8 Å². The number of halogens is 2. The van der Waals surface area contributed by atoms with Crippen LogP contribution in [0.4, 0.5) is 0 Å². The Morgan fingerprint density at radius 3 is 2.77 bits per heavy atom. The highest BCUT2D eigenvalue weighted by Crippen LogP contribution is 2.22. The number of hydrogen-bond acceptors (Lipinski definition) is 1. The van der Waals surface area contributed by atoms with Crippen LogP contribution in [-0.4, -0.2) is 5.78 Å². The SMILES string of the molecule is CCC(=O)Cc1ccc(Cl)cc1Br. The Bertz CT molecular complexity index is 323. The summed E-state index contributed by atoms with van der Waals surface area (Å²) in [5.41, 5.74) is 0.997. The Balaban J connectivity index is 2.83. The van der Waals surface area contributed by atoms with Crippen molar-refractivity contribution >= 4 is 33.3 Å². The van der Waals surface area contributed by atoms with Gasteiger partial charge in [0.25, 0.3) is 0 Å². The molecule has 0 aliphatic carbocycles.